The van der Waals surface area contributed by atoms with E-state index in [1.165, 1.54) is 6.42 Å². The lowest BCUT2D eigenvalue weighted by Crippen LogP contribution is -2.40. The van der Waals surface area contributed by atoms with Gasteiger partial charge in [0.1, 0.15) is 0 Å². The van der Waals surface area contributed by atoms with Gasteiger partial charge in [-0.1, -0.05) is 26.2 Å². The predicted octanol–water partition coefficient (Wildman–Crippen LogP) is 1.23. The van der Waals surface area contributed by atoms with Crippen LogP contribution in [0.4, 0.5) is 0 Å². The SMILES string of the molecule is CCCCCCNC(=O)C(=O)NCCCOCC. The van der Waals surface area contributed by atoms with Crippen molar-refractivity contribution in [1.82, 2.24) is 10.6 Å². The summed E-state index contributed by atoms with van der Waals surface area (Å²) in [7, 11) is 0. The Labute approximate surface area is 110 Å². The smallest absolute Gasteiger partial charge is 0.309 e. The van der Waals surface area contributed by atoms with Gasteiger partial charge >= 0.3 is 11.8 Å². The zero-order valence-corrected chi connectivity index (χ0v) is 11.6. The molecule has 2 N–H and O–H groups in total. The van der Waals surface area contributed by atoms with Crippen LogP contribution in [0.2, 0.25) is 0 Å². The van der Waals surface area contributed by atoms with Crippen LogP contribution in [0.1, 0.15) is 46.0 Å². The van der Waals surface area contributed by atoms with Gasteiger partial charge in [-0.15, -0.1) is 0 Å². The predicted molar refractivity (Wildman–Crippen MR) is 71.3 cm³/mol. The highest BCUT2D eigenvalue weighted by Crippen LogP contribution is 1.96. The lowest BCUT2D eigenvalue weighted by atomic mass is 10.2. The standard InChI is InChI=1S/C13H26N2O3/c1-3-5-6-7-9-14-12(16)13(17)15-10-8-11-18-4-2/h3-11H2,1-2H3,(H,14,16)(H,15,17). The normalized spacial score (nSPS) is 10.1. The van der Waals surface area contributed by atoms with E-state index in [0.29, 0.717) is 26.3 Å². The van der Waals surface area contributed by atoms with Crippen LogP contribution < -0.4 is 10.6 Å². The van der Waals surface area contributed by atoms with E-state index in [9.17, 15) is 9.59 Å². The summed E-state index contributed by atoms with van der Waals surface area (Å²) in [5.41, 5.74) is 0. The number of rotatable bonds is 10. The van der Waals surface area contributed by atoms with Crippen LogP contribution in [-0.2, 0) is 14.3 Å². The van der Waals surface area contributed by atoms with E-state index in [1.807, 2.05) is 6.92 Å². The molecule has 0 spiro atoms. The molecule has 0 saturated heterocycles. The average Bonchev–Trinajstić information content (AvgIpc) is 2.37. The summed E-state index contributed by atoms with van der Waals surface area (Å²) >= 11 is 0. The second-order valence-electron chi connectivity index (χ2n) is 4.12. The van der Waals surface area contributed by atoms with Crippen molar-refractivity contribution in [1.29, 1.82) is 0 Å². The molecule has 5 nitrogen and oxygen atoms in total. The molecule has 0 aliphatic rings. The minimum absolute atomic E-state index is 0.474. The number of hydrogen-bond acceptors (Lipinski definition) is 3. The summed E-state index contributed by atoms with van der Waals surface area (Å²) in [6.07, 6.45) is 5.07. The van der Waals surface area contributed by atoms with Gasteiger partial charge in [0.25, 0.3) is 0 Å². The van der Waals surface area contributed by atoms with Crippen molar-refractivity contribution in [3.63, 3.8) is 0 Å². The fourth-order valence-corrected chi connectivity index (χ4v) is 1.43. The molecule has 0 heterocycles. The van der Waals surface area contributed by atoms with Gasteiger partial charge in [-0.25, -0.2) is 0 Å². The third-order valence-electron chi connectivity index (χ3n) is 2.48. The monoisotopic (exact) mass is 258 g/mol. The van der Waals surface area contributed by atoms with Crippen molar-refractivity contribution in [2.24, 2.45) is 0 Å². The summed E-state index contributed by atoms with van der Waals surface area (Å²) in [6, 6.07) is 0. The maximum absolute atomic E-state index is 11.3. The average molecular weight is 258 g/mol. The summed E-state index contributed by atoms with van der Waals surface area (Å²) in [6.45, 7) is 6.38. The molecule has 0 aromatic rings. The van der Waals surface area contributed by atoms with Crippen LogP contribution >= 0.6 is 0 Å². The molecule has 0 rings (SSSR count). The number of nitrogens with one attached hydrogen (secondary N) is 2. The summed E-state index contributed by atoms with van der Waals surface area (Å²) in [5, 5.41) is 5.17. The van der Waals surface area contributed by atoms with Crippen molar-refractivity contribution in [2.75, 3.05) is 26.3 Å². The Balaban J connectivity index is 3.43. The van der Waals surface area contributed by atoms with Gasteiger partial charge in [0.05, 0.1) is 0 Å². The van der Waals surface area contributed by atoms with Crippen LogP contribution in [0.15, 0.2) is 0 Å². The minimum Gasteiger partial charge on any atom is -0.382 e. The van der Waals surface area contributed by atoms with Gasteiger partial charge in [0.2, 0.25) is 0 Å². The molecule has 0 atom stereocenters. The molecule has 5 heteroatoms. The van der Waals surface area contributed by atoms with E-state index in [-0.39, 0.29) is 0 Å². The molecule has 18 heavy (non-hydrogen) atoms. The Morgan fingerprint density at radius 3 is 2.06 bits per heavy atom. The number of carbonyl (C=O) groups excluding carboxylic acids is 2. The van der Waals surface area contributed by atoms with E-state index in [2.05, 4.69) is 17.6 Å². The Kier molecular flexibility index (Phi) is 11.6. The quantitative estimate of drug-likeness (QED) is 0.457. The molecule has 0 aromatic heterocycles. The van der Waals surface area contributed by atoms with Gasteiger partial charge in [-0.05, 0) is 19.8 Å². The molecule has 0 bridgehead atoms. The van der Waals surface area contributed by atoms with Crippen LogP contribution in [0.3, 0.4) is 0 Å². The second-order valence-corrected chi connectivity index (χ2v) is 4.12. The summed E-state index contributed by atoms with van der Waals surface area (Å²) in [5.74, 6) is -1.09. The van der Waals surface area contributed by atoms with Crippen molar-refractivity contribution >= 4 is 11.8 Å². The Hall–Kier alpha value is -1.10. The number of ether oxygens (including phenoxy) is 1. The summed E-state index contributed by atoms with van der Waals surface area (Å²) in [4.78, 5) is 22.7. The molecule has 0 aromatic carbocycles. The highest BCUT2D eigenvalue weighted by Gasteiger charge is 2.11. The maximum atomic E-state index is 11.3. The van der Waals surface area contributed by atoms with Gasteiger partial charge in [0, 0.05) is 26.3 Å². The van der Waals surface area contributed by atoms with Crippen molar-refractivity contribution in [3.05, 3.63) is 0 Å². The minimum atomic E-state index is -0.554. The molecule has 106 valence electrons. The van der Waals surface area contributed by atoms with Crippen molar-refractivity contribution < 1.29 is 14.3 Å². The highest BCUT2D eigenvalue weighted by molar-refractivity contribution is 6.35. The first-order valence-corrected chi connectivity index (χ1v) is 6.86. The van der Waals surface area contributed by atoms with Gasteiger partial charge in [0.15, 0.2) is 0 Å². The zero-order chi connectivity index (χ0) is 13.6. The van der Waals surface area contributed by atoms with E-state index in [1.54, 1.807) is 0 Å². The molecule has 0 aliphatic heterocycles. The fraction of sp³-hybridized carbons (Fsp3) is 0.846. The second kappa shape index (κ2) is 12.4. The van der Waals surface area contributed by atoms with Crippen LogP contribution in [0.5, 0.6) is 0 Å². The fourth-order valence-electron chi connectivity index (χ4n) is 1.43. The highest BCUT2D eigenvalue weighted by atomic mass is 16.5. The zero-order valence-electron chi connectivity index (χ0n) is 11.6. The first-order valence-electron chi connectivity index (χ1n) is 6.86. The Morgan fingerprint density at radius 2 is 1.50 bits per heavy atom. The van der Waals surface area contributed by atoms with E-state index in [4.69, 9.17) is 4.74 Å². The van der Waals surface area contributed by atoms with Gasteiger partial charge in [-0.3, -0.25) is 9.59 Å². The number of amides is 2. The molecule has 0 radical (unpaired) electrons. The molecule has 0 fully saturated rings. The molecule has 0 unspecified atom stereocenters. The van der Waals surface area contributed by atoms with Crippen molar-refractivity contribution in [2.45, 2.75) is 46.0 Å². The summed E-state index contributed by atoms with van der Waals surface area (Å²) < 4.78 is 5.13. The maximum Gasteiger partial charge on any atom is 0.309 e. The van der Waals surface area contributed by atoms with Crippen LogP contribution in [0, 0.1) is 0 Å². The Morgan fingerprint density at radius 1 is 0.889 bits per heavy atom. The van der Waals surface area contributed by atoms with Gasteiger partial charge < -0.3 is 15.4 Å². The van der Waals surface area contributed by atoms with E-state index in [0.717, 1.165) is 25.7 Å². The number of hydrogen-bond donors (Lipinski definition) is 2. The molecular weight excluding hydrogens is 232 g/mol. The van der Waals surface area contributed by atoms with Crippen LogP contribution in [-0.4, -0.2) is 38.1 Å². The largest absolute Gasteiger partial charge is 0.382 e. The topological polar surface area (TPSA) is 67.4 Å². The molecule has 0 saturated carbocycles. The number of carbonyl (C=O) groups is 2. The molecule has 2 amide bonds. The van der Waals surface area contributed by atoms with Crippen LogP contribution in [0.25, 0.3) is 0 Å². The first kappa shape index (κ1) is 16.9. The molecular formula is C13H26N2O3. The lowest BCUT2D eigenvalue weighted by molar-refractivity contribution is -0.139. The Bertz CT molecular complexity index is 208. The third-order valence-corrected chi connectivity index (χ3v) is 2.48. The van der Waals surface area contributed by atoms with E-state index >= 15 is 0 Å². The third kappa shape index (κ3) is 10.1. The molecule has 0 aliphatic carbocycles. The first-order chi connectivity index (χ1) is 8.72. The van der Waals surface area contributed by atoms with Gasteiger partial charge in [-0.2, -0.15) is 0 Å². The van der Waals surface area contributed by atoms with E-state index < -0.39 is 11.8 Å². The van der Waals surface area contributed by atoms with Crippen molar-refractivity contribution in [3.8, 4) is 0 Å². The lowest BCUT2D eigenvalue weighted by Gasteiger charge is -2.06. The number of unbranched alkanes of at least 4 members (excludes halogenated alkanes) is 3.